The molecule has 1 atom stereocenters. The van der Waals surface area contributed by atoms with Crippen molar-refractivity contribution >= 4 is 11.8 Å². The molecule has 2 aliphatic rings. The highest BCUT2D eigenvalue weighted by molar-refractivity contribution is 6.04. The van der Waals surface area contributed by atoms with Gasteiger partial charge >= 0.3 is 0 Å². The molecular weight excluding hydrogens is 324 g/mol. The molecule has 2 heterocycles. The third-order valence-electron chi connectivity index (χ3n) is 6.46. The van der Waals surface area contributed by atoms with E-state index >= 15 is 0 Å². The number of carbonyl (C=O) groups excluding carboxylic acids is 2. The molecule has 0 aromatic carbocycles. The number of rotatable bonds is 7. The average molecular weight is 363 g/mol. The zero-order valence-corrected chi connectivity index (χ0v) is 17.7. The fourth-order valence-corrected chi connectivity index (χ4v) is 4.66. The van der Waals surface area contributed by atoms with Gasteiger partial charge in [0.15, 0.2) is 0 Å². The number of nitrogens with zero attached hydrogens (tertiary/aromatic N) is 2. The second-order valence-electron chi connectivity index (χ2n) is 9.44. The number of imide groups is 1. The maximum atomic E-state index is 12.9. The van der Waals surface area contributed by atoms with Crippen LogP contribution in [0.2, 0.25) is 0 Å². The van der Waals surface area contributed by atoms with E-state index in [9.17, 15) is 9.59 Å². The van der Waals surface area contributed by atoms with Gasteiger partial charge in [-0.15, -0.1) is 0 Å². The van der Waals surface area contributed by atoms with Crippen LogP contribution in [0.25, 0.3) is 0 Å². The van der Waals surface area contributed by atoms with Crippen LogP contribution in [0.5, 0.6) is 0 Å². The SMILES string of the molecule is CCCCCCC=CC1CC(=O)N(C2CC(C)(C)N(C)C(C)(C)C2)C1=O. The molecule has 0 spiro atoms. The molecule has 0 aliphatic carbocycles. The van der Waals surface area contributed by atoms with E-state index in [4.69, 9.17) is 0 Å². The highest BCUT2D eigenvalue weighted by Gasteiger charge is 2.49. The lowest BCUT2D eigenvalue weighted by Crippen LogP contribution is -2.63. The minimum atomic E-state index is -0.250. The van der Waals surface area contributed by atoms with Crippen LogP contribution in [0.4, 0.5) is 0 Å². The summed E-state index contributed by atoms with van der Waals surface area (Å²) < 4.78 is 0. The van der Waals surface area contributed by atoms with Crippen molar-refractivity contribution in [2.75, 3.05) is 7.05 Å². The summed E-state index contributed by atoms with van der Waals surface area (Å²) in [5, 5.41) is 0. The van der Waals surface area contributed by atoms with Gasteiger partial charge in [0.05, 0.1) is 5.92 Å². The Morgan fingerprint density at radius 2 is 1.65 bits per heavy atom. The smallest absolute Gasteiger partial charge is 0.236 e. The van der Waals surface area contributed by atoms with Gasteiger partial charge in [0.25, 0.3) is 0 Å². The summed E-state index contributed by atoms with van der Waals surface area (Å²) in [6.45, 7) is 11.0. The number of unbranched alkanes of at least 4 members (excludes halogenated alkanes) is 4. The molecule has 0 N–H and O–H groups in total. The van der Waals surface area contributed by atoms with E-state index < -0.39 is 0 Å². The molecule has 1 unspecified atom stereocenters. The van der Waals surface area contributed by atoms with Gasteiger partial charge in [-0.05, 0) is 60.4 Å². The maximum absolute atomic E-state index is 12.9. The largest absolute Gasteiger partial charge is 0.296 e. The summed E-state index contributed by atoms with van der Waals surface area (Å²) in [5.74, 6) is -0.225. The van der Waals surface area contributed by atoms with Crippen LogP contribution in [0.3, 0.4) is 0 Å². The molecule has 4 heteroatoms. The normalized spacial score (nSPS) is 27.0. The first-order valence-electron chi connectivity index (χ1n) is 10.4. The first-order chi connectivity index (χ1) is 12.1. The molecular formula is C22H38N2O2. The van der Waals surface area contributed by atoms with Gasteiger partial charge in [-0.3, -0.25) is 19.4 Å². The number of hydrogen-bond acceptors (Lipinski definition) is 3. The molecule has 2 aliphatic heterocycles. The van der Waals surface area contributed by atoms with Crippen molar-refractivity contribution in [1.82, 2.24) is 9.80 Å². The van der Waals surface area contributed by atoms with Gasteiger partial charge in [0.2, 0.25) is 11.8 Å². The van der Waals surface area contributed by atoms with Crippen LogP contribution in [-0.4, -0.2) is 45.8 Å². The minimum absolute atomic E-state index is 0.0109. The molecule has 2 rings (SSSR count). The number of carbonyl (C=O) groups is 2. The lowest BCUT2D eigenvalue weighted by molar-refractivity contribution is -0.146. The monoisotopic (exact) mass is 362 g/mol. The van der Waals surface area contributed by atoms with Gasteiger partial charge < -0.3 is 0 Å². The number of hydrogen-bond donors (Lipinski definition) is 0. The maximum Gasteiger partial charge on any atom is 0.236 e. The van der Waals surface area contributed by atoms with Gasteiger partial charge in [-0.1, -0.05) is 38.3 Å². The fraction of sp³-hybridized carbons (Fsp3) is 0.818. The molecule has 0 aromatic heterocycles. The summed E-state index contributed by atoms with van der Waals surface area (Å²) >= 11 is 0. The van der Waals surface area contributed by atoms with Crippen LogP contribution in [0.15, 0.2) is 12.2 Å². The Kier molecular flexibility index (Phi) is 6.70. The quantitative estimate of drug-likeness (QED) is 0.379. The van der Waals surface area contributed by atoms with E-state index in [-0.39, 0.29) is 34.9 Å². The minimum Gasteiger partial charge on any atom is -0.296 e. The summed E-state index contributed by atoms with van der Waals surface area (Å²) in [4.78, 5) is 29.5. The molecule has 0 bridgehead atoms. The Labute approximate surface area is 160 Å². The predicted octanol–water partition coefficient (Wildman–Crippen LogP) is 4.54. The van der Waals surface area contributed by atoms with E-state index in [0.29, 0.717) is 6.42 Å². The zero-order chi connectivity index (χ0) is 19.5. The molecule has 0 aromatic rings. The van der Waals surface area contributed by atoms with Crippen molar-refractivity contribution in [2.24, 2.45) is 5.92 Å². The summed E-state index contributed by atoms with van der Waals surface area (Å²) in [7, 11) is 2.15. The van der Waals surface area contributed by atoms with Crippen molar-refractivity contribution in [1.29, 1.82) is 0 Å². The van der Waals surface area contributed by atoms with E-state index in [1.807, 2.05) is 6.08 Å². The Bertz CT molecular complexity index is 532. The highest BCUT2D eigenvalue weighted by atomic mass is 16.2. The van der Waals surface area contributed by atoms with Crippen molar-refractivity contribution in [2.45, 2.75) is 103 Å². The summed E-state index contributed by atoms with van der Waals surface area (Å²) in [6, 6.07) is 0.0131. The van der Waals surface area contributed by atoms with Crippen LogP contribution in [-0.2, 0) is 9.59 Å². The van der Waals surface area contributed by atoms with Crippen LogP contribution in [0.1, 0.15) is 86.0 Å². The standard InChI is InChI=1S/C22H38N2O2/c1-7-8-9-10-11-12-13-17-14-19(25)24(20(17)26)18-15-21(2,3)23(6)22(4,5)16-18/h12-13,17-18H,7-11,14-16H2,1-6H3. The molecule has 26 heavy (non-hydrogen) atoms. The van der Waals surface area contributed by atoms with Crippen molar-refractivity contribution in [3.8, 4) is 0 Å². The second kappa shape index (κ2) is 8.24. The Morgan fingerprint density at radius 1 is 1.04 bits per heavy atom. The van der Waals surface area contributed by atoms with Crippen LogP contribution in [0, 0.1) is 5.92 Å². The van der Waals surface area contributed by atoms with E-state index in [1.54, 1.807) is 4.90 Å². The molecule has 148 valence electrons. The first kappa shape index (κ1) is 21.1. The number of likely N-dealkylation sites (tertiary alicyclic amines) is 2. The Morgan fingerprint density at radius 3 is 2.23 bits per heavy atom. The average Bonchev–Trinajstić information content (AvgIpc) is 2.82. The molecule has 0 saturated carbocycles. The summed E-state index contributed by atoms with van der Waals surface area (Å²) in [5.41, 5.74) is -0.0552. The number of amides is 2. The molecule has 0 radical (unpaired) electrons. The van der Waals surface area contributed by atoms with Crippen LogP contribution < -0.4 is 0 Å². The van der Waals surface area contributed by atoms with Gasteiger partial charge in [-0.2, -0.15) is 0 Å². The second-order valence-corrected chi connectivity index (χ2v) is 9.44. The van der Waals surface area contributed by atoms with Crippen LogP contribution >= 0.6 is 0 Å². The predicted molar refractivity (Wildman–Crippen MR) is 107 cm³/mol. The number of allylic oxidation sites excluding steroid dienone is 1. The van der Waals surface area contributed by atoms with Crippen molar-refractivity contribution in [3.05, 3.63) is 12.2 Å². The van der Waals surface area contributed by atoms with Gasteiger partial charge in [-0.25, -0.2) is 0 Å². The molecule has 2 fully saturated rings. The van der Waals surface area contributed by atoms with Gasteiger partial charge in [0, 0.05) is 23.5 Å². The molecule has 2 amide bonds. The molecule has 2 saturated heterocycles. The third-order valence-corrected chi connectivity index (χ3v) is 6.46. The highest BCUT2D eigenvalue weighted by Crippen LogP contribution is 2.40. The Balaban J connectivity index is 2.01. The molecule has 4 nitrogen and oxygen atoms in total. The topological polar surface area (TPSA) is 40.6 Å². The van der Waals surface area contributed by atoms with Gasteiger partial charge in [0.1, 0.15) is 0 Å². The van der Waals surface area contributed by atoms with E-state index in [1.165, 1.54) is 25.7 Å². The number of piperidine rings is 1. The van der Waals surface area contributed by atoms with E-state index in [2.05, 4.69) is 52.6 Å². The van der Waals surface area contributed by atoms with Crippen molar-refractivity contribution in [3.63, 3.8) is 0 Å². The third kappa shape index (κ3) is 4.57. The fourth-order valence-electron chi connectivity index (χ4n) is 4.66. The first-order valence-corrected chi connectivity index (χ1v) is 10.4. The lowest BCUT2D eigenvalue weighted by atomic mass is 9.77. The van der Waals surface area contributed by atoms with Crippen molar-refractivity contribution < 1.29 is 9.59 Å². The Hall–Kier alpha value is -1.16. The zero-order valence-electron chi connectivity index (χ0n) is 17.7. The van der Waals surface area contributed by atoms with E-state index in [0.717, 1.165) is 19.3 Å². The lowest BCUT2D eigenvalue weighted by Gasteiger charge is -2.54. The summed E-state index contributed by atoms with van der Waals surface area (Å²) in [6.07, 6.45) is 12.0.